The van der Waals surface area contributed by atoms with Crippen molar-refractivity contribution in [2.75, 3.05) is 18.6 Å². The van der Waals surface area contributed by atoms with Crippen molar-refractivity contribution in [1.82, 2.24) is 19.6 Å². The van der Waals surface area contributed by atoms with E-state index in [0.717, 1.165) is 17.7 Å². The number of nitrogens with zero attached hydrogens (tertiary/aromatic N) is 5. The highest BCUT2D eigenvalue weighted by Crippen LogP contribution is 2.06. The van der Waals surface area contributed by atoms with Crippen molar-refractivity contribution < 1.29 is 0 Å². The van der Waals surface area contributed by atoms with E-state index in [1.165, 1.54) is 6.33 Å². The zero-order valence-corrected chi connectivity index (χ0v) is 7.96. The molecule has 0 aliphatic carbocycles. The molecule has 0 bridgehead atoms. The SMILES string of the molecule is C=CCN(C)n1cnc2cncnc21. The first kappa shape index (κ1) is 8.68. The Labute approximate surface area is 81.7 Å². The molecule has 2 aromatic rings. The Bertz CT molecular complexity index is 447. The maximum Gasteiger partial charge on any atom is 0.182 e. The van der Waals surface area contributed by atoms with Crippen molar-refractivity contribution in [3.63, 3.8) is 0 Å². The predicted octanol–water partition coefficient (Wildman–Crippen LogP) is 0.580. The molecule has 0 unspecified atom stereocenters. The van der Waals surface area contributed by atoms with E-state index in [0.29, 0.717) is 0 Å². The summed E-state index contributed by atoms with van der Waals surface area (Å²) in [7, 11) is 1.95. The predicted molar refractivity (Wildman–Crippen MR) is 54.5 cm³/mol. The van der Waals surface area contributed by atoms with Crippen LogP contribution in [0.25, 0.3) is 11.2 Å². The minimum atomic E-state index is 0.745. The molecule has 5 heteroatoms. The van der Waals surface area contributed by atoms with Crippen LogP contribution in [0.15, 0.2) is 31.5 Å². The number of fused-ring (bicyclic) bond motifs is 1. The fraction of sp³-hybridized carbons (Fsp3) is 0.222. The van der Waals surface area contributed by atoms with Gasteiger partial charge in [0, 0.05) is 7.05 Å². The van der Waals surface area contributed by atoms with E-state index in [1.807, 2.05) is 22.8 Å². The second-order valence-corrected chi connectivity index (χ2v) is 2.95. The molecule has 0 amide bonds. The van der Waals surface area contributed by atoms with Crippen LogP contribution in [-0.2, 0) is 0 Å². The topological polar surface area (TPSA) is 46.8 Å². The maximum atomic E-state index is 4.18. The summed E-state index contributed by atoms with van der Waals surface area (Å²) >= 11 is 0. The van der Waals surface area contributed by atoms with Crippen molar-refractivity contribution in [3.8, 4) is 0 Å². The molecule has 2 heterocycles. The molecule has 5 nitrogen and oxygen atoms in total. The van der Waals surface area contributed by atoms with Gasteiger partial charge in [0.1, 0.15) is 18.2 Å². The van der Waals surface area contributed by atoms with E-state index in [2.05, 4.69) is 21.5 Å². The zero-order valence-electron chi connectivity index (χ0n) is 7.96. The summed E-state index contributed by atoms with van der Waals surface area (Å²) in [5.41, 5.74) is 1.60. The lowest BCUT2D eigenvalue weighted by Gasteiger charge is -2.17. The van der Waals surface area contributed by atoms with E-state index < -0.39 is 0 Å². The van der Waals surface area contributed by atoms with Crippen LogP contribution < -0.4 is 5.01 Å². The first-order chi connectivity index (χ1) is 6.83. The summed E-state index contributed by atoms with van der Waals surface area (Å²) in [4.78, 5) is 12.2. The fourth-order valence-corrected chi connectivity index (χ4v) is 1.28. The van der Waals surface area contributed by atoms with Gasteiger partial charge < -0.3 is 5.01 Å². The molecule has 0 aromatic carbocycles. The molecule has 2 rings (SSSR count). The summed E-state index contributed by atoms with van der Waals surface area (Å²) in [5.74, 6) is 0. The second kappa shape index (κ2) is 3.45. The molecule has 2 aromatic heterocycles. The monoisotopic (exact) mass is 189 g/mol. The molecule has 0 saturated carbocycles. The molecule has 0 spiro atoms. The minimum Gasteiger partial charge on any atom is -0.309 e. The Kier molecular flexibility index (Phi) is 2.14. The fourth-order valence-electron chi connectivity index (χ4n) is 1.28. The summed E-state index contributed by atoms with van der Waals surface area (Å²) in [5, 5.41) is 1.97. The number of rotatable bonds is 3. The molecular weight excluding hydrogens is 178 g/mol. The quantitative estimate of drug-likeness (QED) is 0.663. The van der Waals surface area contributed by atoms with Crippen LogP contribution in [0, 0.1) is 0 Å². The molecule has 0 N–H and O–H groups in total. The van der Waals surface area contributed by atoms with Crippen molar-refractivity contribution in [2.24, 2.45) is 0 Å². The van der Waals surface area contributed by atoms with Gasteiger partial charge in [-0.1, -0.05) is 6.08 Å². The largest absolute Gasteiger partial charge is 0.309 e. The standard InChI is InChI=1S/C9H11N5/c1-3-4-13(2)14-7-12-8-5-10-6-11-9(8)14/h3,5-7H,1,4H2,2H3. The summed E-state index contributed by atoms with van der Waals surface area (Å²) in [6.45, 7) is 4.43. The Morgan fingerprint density at radius 1 is 1.57 bits per heavy atom. The van der Waals surface area contributed by atoms with Gasteiger partial charge in [0.15, 0.2) is 5.65 Å². The molecule has 0 atom stereocenters. The number of likely N-dealkylation sites (N-methyl/N-ethyl adjacent to an activating group) is 1. The summed E-state index contributed by atoms with van der Waals surface area (Å²) in [6.07, 6.45) is 6.76. The Morgan fingerprint density at radius 3 is 3.21 bits per heavy atom. The Morgan fingerprint density at radius 2 is 2.43 bits per heavy atom. The number of hydrogen-bond donors (Lipinski definition) is 0. The molecule has 14 heavy (non-hydrogen) atoms. The van der Waals surface area contributed by atoms with Crippen molar-refractivity contribution in [1.29, 1.82) is 0 Å². The van der Waals surface area contributed by atoms with E-state index in [1.54, 1.807) is 12.5 Å². The van der Waals surface area contributed by atoms with E-state index in [-0.39, 0.29) is 0 Å². The summed E-state index contributed by atoms with van der Waals surface area (Å²) < 4.78 is 1.87. The Hall–Kier alpha value is -1.91. The van der Waals surface area contributed by atoms with Crippen LogP contribution in [0.3, 0.4) is 0 Å². The summed E-state index contributed by atoms with van der Waals surface area (Å²) in [6, 6.07) is 0. The molecule has 0 aliphatic rings. The van der Waals surface area contributed by atoms with Crippen LogP contribution >= 0.6 is 0 Å². The first-order valence-corrected chi connectivity index (χ1v) is 4.28. The number of imidazole rings is 1. The molecule has 0 fully saturated rings. The number of aromatic nitrogens is 4. The van der Waals surface area contributed by atoms with E-state index in [4.69, 9.17) is 0 Å². The van der Waals surface area contributed by atoms with Gasteiger partial charge in [-0.05, 0) is 0 Å². The molecular formula is C9H11N5. The highest BCUT2D eigenvalue weighted by Gasteiger charge is 2.05. The molecule has 0 aliphatic heterocycles. The second-order valence-electron chi connectivity index (χ2n) is 2.95. The van der Waals surface area contributed by atoms with Gasteiger partial charge in [-0.3, -0.25) is 0 Å². The average molecular weight is 189 g/mol. The van der Waals surface area contributed by atoms with E-state index in [9.17, 15) is 0 Å². The zero-order chi connectivity index (χ0) is 9.97. The third kappa shape index (κ3) is 1.32. The maximum absolute atomic E-state index is 4.18. The molecule has 0 saturated heterocycles. The smallest absolute Gasteiger partial charge is 0.182 e. The minimum absolute atomic E-state index is 0.745. The lowest BCUT2D eigenvalue weighted by Crippen LogP contribution is -2.29. The lowest BCUT2D eigenvalue weighted by atomic mass is 10.5. The van der Waals surface area contributed by atoms with Gasteiger partial charge >= 0.3 is 0 Å². The van der Waals surface area contributed by atoms with Gasteiger partial charge in [0.2, 0.25) is 0 Å². The van der Waals surface area contributed by atoms with Crippen molar-refractivity contribution in [3.05, 3.63) is 31.5 Å². The van der Waals surface area contributed by atoms with Crippen LogP contribution in [0.1, 0.15) is 0 Å². The van der Waals surface area contributed by atoms with Crippen molar-refractivity contribution >= 4 is 11.2 Å². The van der Waals surface area contributed by atoms with E-state index >= 15 is 0 Å². The van der Waals surface area contributed by atoms with Crippen LogP contribution in [-0.4, -0.2) is 33.2 Å². The molecule has 72 valence electrons. The third-order valence-electron chi connectivity index (χ3n) is 1.96. The number of hydrogen-bond acceptors (Lipinski definition) is 4. The first-order valence-electron chi connectivity index (χ1n) is 4.28. The van der Waals surface area contributed by atoms with Gasteiger partial charge in [-0.15, -0.1) is 6.58 Å². The third-order valence-corrected chi connectivity index (χ3v) is 1.96. The van der Waals surface area contributed by atoms with Gasteiger partial charge in [-0.25, -0.2) is 19.6 Å². The van der Waals surface area contributed by atoms with Gasteiger partial charge in [-0.2, -0.15) is 0 Å². The highest BCUT2D eigenvalue weighted by atomic mass is 15.5. The Balaban J connectivity index is 2.47. The lowest BCUT2D eigenvalue weighted by molar-refractivity contribution is 0.707. The normalized spacial score (nSPS) is 10.4. The highest BCUT2D eigenvalue weighted by molar-refractivity contribution is 5.69. The average Bonchev–Trinajstić information content (AvgIpc) is 2.61. The van der Waals surface area contributed by atoms with Crippen molar-refractivity contribution in [2.45, 2.75) is 0 Å². The molecule has 0 radical (unpaired) electrons. The van der Waals surface area contributed by atoms with Crippen LogP contribution in [0.4, 0.5) is 0 Å². The van der Waals surface area contributed by atoms with Gasteiger partial charge in [0.25, 0.3) is 0 Å². The van der Waals surface area contributed by atoms with Crippen LogP contribution in [0.5, 0.6) is 0 Å². The van der Waals surface area contributed by atoms with Gasteiger partial charge in [0.05, 0.1) is 12.7 Å². The van der Waals surface area contributed by atoms with Crippen LogP contribution in [0.2, 0.25) is 0 Å².